The van der Waals surface area contributed by atoms with Gasteiger partial charge in [0, 0.05) is 19.2 Å². The molecule has 2 heterocycles. The number of hydrogen-bond acceptors (Lipinski definition) is 3. The van der Waals surface area contributed by atoms with E-state index in [-0.39, 0.29) is 23.0 Å². The fourth-order valence-corrected chi connectivity index (χ4v) is 3.63. The SMILES string of the molecule is CCC1(CC)CC(NC(=O)C2(CC)CCNC2)CCO1. The Labute approximate surface area is 123 Å². The molecular formula is C16H30N2O2. The minimum absolute atomic E-state index is 0.0243. The smallest absolute Gasteiger partial charge is 0.227 e. The number of hydrogen-bond donors (Lipinski definition) is 2. The molecule has 2 saturated heterocycles. The highest BCUT2D eigenvalue weighted by atomic mass is 16.5. The van der Waals surface area contributed by atoms with Gasteiger partial charge in [0.2, 0.25) is 5.91 Å². The summed E-state index contributed by atoms with van der Waals surface area (Å²) in [5.74, 6) is 0.248. The molecule has 2 aliphatic heterocycles. The summed E-state index contributed by atoms with van der Waals surface area (Å²) in [6.07, 6.45) is 5.83. The van der Waals surface area contributed by atoms with Crippen molar-refractivity contribution in [3.8, 4) is 0 Å². The topological polar surface area (TPSA) is 50.4 Å². The van der Waals surface area contributed by atoms with Crippen molar-refractivity contribution in [2.24, 2.45) is 5.41 Å². The van der Waals surface area contributed by atoms with E-state index >= 15 is 0 Å². The van der Waals surface area contributed by atoms with Crippen LogP contribution in [-0.4, -0.2) is 37.2 Å². The van der Waals surface area contributed by atoms with E-state index in [9.17, 15) is 4.79 Å². The summed E-state index contributed by atoms with van der Waals surface area (Å²) in [7, 11) is 0. The van der Waals surface area contributed by atoms with Gasteiger partial charge in [-0.1, -0.05) is 20.8 Å². The number of rotatable bonds is 5. The molecule has 2 N–H and O–H groups in total. The third-order valence-electron chi connectivity index (χ3n) is 5.52. The van der Waals surface area contributed by atoms with Crippen molar-refractivity contribution < 1.29 is 9.53 Å². The first-order valence-corrected chi connectivity index (χ1v) is 8.25. The number of carbonyl (C=O) groups excluding carboxylic acids is 1. The molecule has 0 bridgehead atoms. The van der Waals surface area contributed by atoms with Gasteiger partial charge < -0.3 is 15.4 Å². The first-order valence-electron chi connectivity index (χ1n) is 8.25. The predicted molar refractivity (Wildman–Crippen MR) is 80.6 cm³/mol. The molecule has 0 saturated carbocycles. The van der Waals surface area contributed by atoms with Gasteiger partial charge in [0.25, 0.3) is 0 Å². The molecule has 2 rings (SSSR count). The highest BCUT2D eigenvalue weighted by Gasteiger charge is 2.42. The van der Waals surface area contributed by atoms with E-state index in [4.69, 9.17) is 4.74 Å². The standard InChI is InChI=1S/C16H30N2O2/c1-4-15(8-9-17-12-15)14(19)18-13-7-10-20-16(5-2,6-3)11-13/h13,17H,4-12H2,1-3H3,(H,18,19). The Bertz CT molecular complexity index is 333. The maximum Gasteiger partial charge on any atom is 0.227 e. The van der Waals surface area contributed by atoms with Crippen LogP contribution in [0.5, 0.6) is 0 Å². The molecule has 0 aliphatic carbocycles. The lowest BCUT2D eigenvalue weighted by atomic mass is 9.81. The van der Waals surface area contributed by atoms with Gasteiger partial charge in [0.05, 0.1) is 11.0 Å². The quantitative estimate of drug-likeness (QED) is 0.813. The summed E-state index contributed by atoms with van der Waals surface area (Å²) < 4.78 is 5.99. The molecule has 1 amide bonds. The van der Waals surface area contributed by atoms with Gasteiger partial charge in [0.15, 0.2) is 0 Å². The Morgan fingerprint density at radius 2 is 2.05 bits per heavy atom. The lowest BCUT2D eigenvalue weighted by Gasteiger charge is -2.41. The van der Waals surface area contributed by atoms with Crippen LogP contribution in [0.3, 0.4) is 0 Å². The minimum atomic E-state index is -0.181. The highest BCUT2D eigenvalue weighted by molar-refractivity contribution is 5.83. The third kappa shape index (κ3) is 3.01. The van der Waals surface area contributed by atoms with Crippen molar-refractivity contribution in [1.29, 1.82) is 0 Å². The third-order valence-corrected chi connectivity index (χ3v) is 5.52. The molecule has 0 spiro atoms. The first kappa shape index (κ1) is 15.8. The second kappa shape index (κ2) is 6.44. The molecule has 0 aromatic heterocycles. The molecule has 2 unspecified atom stereocenters. The van der Waals surface area contributed by atoms with Crippen molar-refractivity contribution in [2.45, 2.75) is 70.9 Å². The minimum Gasteiger partial charge on any atom is -0.375 e. The van der Waals surface area contributed by atoms with Crippen LogP contribution in [0.1, 0.15) is 59.3 Å². The normalized spacial score (nSPS) is 33.0. The highest BCUT2D eigenvalue weighted by Crippen LogP contribution is 2.33. The van der Waals surface area contributed by atoms with E-state index in [1.807, 2.05) is 0 Å². The molecular weight excluding hydrogens is 252 g/mol. The van der Waals surface area contributed by atoms with Gasteiger partial charge in [-0.15, -0.1) is 0 Å². The van der Waals surface area contributed by atoms with Crippen LogP contribution in [-0.2, 0) is 9.53 Å². The van der Waals surface area contributed by atoms with Crippen molar-refractivity contribution >= 4 is 5.91 Å². The number of amides is 1. The van der Waals surface area contributed by atoms with Gasteiger partial charge in [-0.25, -0.2) is 0 Å². The monoisotopic (exact) mass is 282 g/mol. The summed E-state index contributed by atoms with van der Waals surface area (Å²) in [5, 5.41) is 6.65. The van der Waals surface area contributed by atoms with E-state index in [0.29, 0.717) is 0 Å². The van der Waals surface area contributed by atoms with Crippen LogP contribution in [0, 0.1) is 5.41 Å². The zero-order valence-corrected chi connectivity index (χ0v) is 13.3. The number of nitrogens with one attached hydrogen (secondary N) is 2. The Hall–Kier alpha value is -0.610. The molecule has 4 nitrogen and oxygen atoms in total. The second-order valence-electron chi connectivity index (χ2n) is 6.46. The van der Waals surface area contributed by atoms with E-state index < -0.39 is 0 Å². The zero-order chi connectivity index (χ0) is 14.6. The van der Waals surface area contributed by atoms with Crippen LogP contribution in [0.2, 0.25) is 0 Å². The zero-order valence-electron chi connectivity index (χ0n) is 13.3. The molecule has 20 heavy (non-hydrogen) atoms. The molecule has 0 radical (unpaired) electrons. The molecule has 0 aromatic rings. The maximum atomic E-state index is 12.7. The molecule has 2 fully saturated rings. The van der Waals surface area contributed by atoms with E-state index in [0.717, 1.165) is 58.2 Å². The first-order chi connectivity index (χ1) is 9.60. The Morgan fingerprint density at radius 1 is 1.30 bits per heavy atom. The van der Waals surface area contributed by atoms with Crippen LogP contribution < -0.4 is 10.6 Å². The molecule has 2 aliphatic rings. The average Bonchev–Trinajstić information content (AvgIpc) is 2.97. The van der Waals surface area contributed by atoms with Gasteiger partial charge in [-0.3, -0.25) is 4.79 Å². The largest absolute Gasteiger partial charge is 0.375 e. The maximum absolute atomic E-state index is 12.7. The molecule has 116 valence electrons. The van der Waals surface area contributed by atoms with Crippen LogP contribution >= 0.6 is 0 Å². The Balaban J connectivity index is 1.97. The van der Waals surface area contributed by atoms with Gasteiger partial charge in [-0.05, 0) is 45.1 Å². The fraction of sp³-hybridized carbons (Fsp3) is 0.938. The van der Waals surface area contributed by atoms with Crippen molar-refractivity contribution in [2.75, 3.05) is 19.7 Å². The molecule has 0 aromatic carbocycles. The fourth-order valence-electron chi connectivity index (χ4n) is 3.63. The molecule has 4 heteroatoms. The summed E-state index contributed by atoms with van der Waals surface area (Å²) in [5.41, 5.74) is -0.205. The van der Waals surface area contributed by atoms with E-state index in [2.05, 4.69) is 31.4 Å². The van der Waals surface area contributed by atoms with Crippen LogP contribution in [0.4, 0.5) is 0 Å². The Morgan fingerprint density at radius 3 is 2.60 bits per heavy atom. The van der Waals surface area contributed by atoms with Crippen LogP contribution in [0.15, 0.2) is 0 Å². The number of carbonyl (C=O) groups is 1. The summed E-state index contributed by atoms with van der Waals surface area (Å²) in [6, 6.07) is 0.278. The van der Waals surface area contributed by atoms with Crippen molar-refractivity contribution in [3.63, 3.8) is 0 Å². The van der Waals surface area contributed by atoms with Gasteiger partial charge >= 0.3 is 0 Å². The predicted octanol–water partition coefficient (Wildman–Crippen LogP) is 2.23. The van der Waals surface area contributed by atoms with E-state index in [1.165, 1.54) is 0 Å². The van der Waals surface area contributed by atoms with E-state index in [1.54, 1.807) is 0 Å². The van der Waals surface area contributed by atoms with Gasteiger partial charge in [0.1, 0.15) is 0 Å². The second-order valence-corrected chi connectivity index (χ2v) is 6.46. The van der Waals surface area contributed by atoms with Crippen molar-refractivity contribution in [3.05, 3.63) is 0 Å². The molecule has 2 atom stereocenters. The lowest BCUT2D eigenvalue weighted by molar-refractivity contribution is -0.134. The van der Waals surface area contributed by atoms with Gasteiger partial charge in [-0.2, -0.15) is 0 Å². The summed E-state index contributed by atoms with van der Waals surface area (Å²) >= 11 is 0. The Kier molecular flexibility index (Phi) is 5.08. The summed E-state index contributed by atoms with van der Waals surface area (Å²) in [4.78, 5) is 12.7. The average molecular weight is 282 g/mol. The van der Waals surface area contributed by atoms with Crippen LogP contribution in [0.25, 0.3) is 0 Å². The van der Waals surface area contributed by atoms with Crippen molar-refractivity contribution in [1.82, 2.24) is 10.6 Å². The lowest BCUT2D eigenvalue weighted by Crippen LogP contribution is -2.52. The summed E-state index contributed by atoms with van der Waals surface area (Å²) in [6.45, 7) is 9.04. The number of ether oxygens (including phenoxy) is 1.